The van der Waals surface area contributed by atoms with E-state index < -0.39 is 0 Å². The number of nitrogens with one attached hydrogen (secondary N) is 2. The van der Waals surface area contributed by atoms with Crippen LogP contribution < -0.4 is 10.6 Å². The lowest BCUT2D eigenvalue weighted by atomic mass is 9.94. The second kappa shape index (κ2) is 14.5. The number of hydrogen-bond acceptors (Lipinski definition) is 2. The Morgan fingerprint density at radius 1 is 0.275 bits per heavy atom. The van der Waals surface area contributed by atoms with Gasteiger partial charge in [-0.1, -0.05) is 146 Å². The number of aryl methyl sites for hydroxylation is 1. The van der Waals surface area contributed by atoms with Gasteiger partial charge in [-0.15, -0.1) is 0 Å². The van der Waals surface area contributed by atoms with E-state index in [0.717, 1.165) is 50.6 Å². The maximum Gasteiger partial charge on any atom is 0.0464 e. The SMILES string of the molecule is Cc1cc(-c2ccccc2)cc(-c2ccc(Nc3ccc(-c4ccc(Nc5ccccc5)c(-c5ccccc5)c4)cc3-c3ccccc3)cc2)c1. The van der Waals surface area contributed by atoms with Crippen molar-refractivity contribution in [2.45, 2.75) is 6.92 Å². The summed E-state index contributed by atoms with van der Waals surface area (Å²) in [6.07, 6.45) is 0. The fourth-order valence-electron chi connectivity index (χ4n) is 6.70. The van der Waals surface area contributed by atoms with Gasteiger partial charge in [0.2, 0.25) is 0 Å². The first kappa shape index (κ1) is 31.6. The summed E-state index contributed by atoms with van der Waals surface area (Å²) in [5, 5.41) is 7.38. The van der Waals surface area contributed by atoms with Gasteiger partial charge in [0.1, 0.15) is 0 Å². The zero-order valence-corrected chi connectivity index (χ0v) is 28.6. The molecule has 2 N–H and O–H groups in total. The molecule has 8 aromatic rings. The average molecular weight is 655 g/mol. The van der Waals surface area contributed by atoms with E-state index in [0.29, 0.717) is 0 Å². The third-order valence-corrected chi connectivity index (χ3v) is 9.28. The minimum atomic E-state index is 1.04. The molecule has 0 spiro atoms. The Morgan fingerprint density at radius 2 is 0.647 bits per heavy atom. The first-order chi connectivity index (χ1) is 25.2. The molecule has 0 atom stereocenters. The standard InChI is InChI=1S/C49H38N2/c1-35-30-42(36-14-6-2-7-15-36)32-43(31-35)37-22-26-45(27-23-37)51-49-29-25-41(34-47(49)39-18-10-4-11-19-39)40-24-28-48(50-44-20-12-5-13-21-44)46(33-40)38-16-8-3-9-17-38/h2-34,50-51H,1H3. The van der Waals surface area contributed by atoms with Crippen molar-refractivity contribution in [3.05, 3.63) is 206 Å². The number of anilines is 4. The quantitative estimate of drug-likeness (QED) is 0.162. The lowest BCUT2D eigenvalue weighted by Gasteiger charge is -2.17. The number of rotatable bonds is 9. The molecule has 0 aliphatic heterocycles. The summed E-state index contributed by atoms with van der Waals surface area (Å²) < 4.78 is 0. The second-order valence-electron chi connectivity index (χ2n) is 12.9. The Hall–Kier alpha value is -6.64. The molecule has 0 fully saturated rings. The van der Waals surface area contributed by atoms with Crippen LogP contribution in [0.1, 0.15) is 5.56 Å². The number of hydrogen-bond donors (Lipinski definition) is 2. The summed E-state index contributed by atoms with van der Waals surface area (Å²) in [7, 11) is 0. The summed E-state index contributed by atoms with van der Waals surface area (Å²) in [6.45, 7) is 2.17. The Morgan fingerprint density at radius 3 is 1.12 bits per heavy atom. The van der Waals surface area contributed by atoms with E-state index in [1.807, 2.05) is 6.07 Å². The molecule has 0 bridgehead atoms. The Bertz CT molecular complexity index is 2380. The van der Waals surface area contributed by atoms with Gasteiger partial charge in [-0.3, -0.25) is 0 Å². The normalized spacial score (nSPS) is 10.8. The van der Waals surface area contributed by atoms with E-state index >= 15 is 0 Å². The van der Waals surface area contributed by atoms with Crippen molar-refractivity contribution in [3.8, 4) is 55.6 Å². The highest BCUT2D eigenvalue weighted by Gasteiger charge is 2.13. The Labute approximate surface area is 300 Å². The summed E-state index contributed by atoms with van der Waals surface area (Å²) in [4.78, 5) is 0. The third kappa shape index (κ3) is 7.22. The molecule has 2 nitrogen and oxygen atoms in total. The molecule has 0 saturated heterocycles. The fourth-order valence-corrected chi connectivity index (χ4v) is 6.70. The van der Waals surface area contributed by atoms with E-state index in [9.17, 15) is 0 Å². The second-order valence-corrected chi connectivity index (χ2v) is 12.9. The molecular weight excluding hydrogens is 617 g/mol. The molecule has 8 aromatic carbocycles. The number of benzene rings is 8. The van der Waals surface area contributed by atoms with Crippen molar-refractivity contribution in [2.75, 3.05) is 10.6 Å². The highest BCUT2D eigenvalue weighted by atomic mass is 14.9. The average Bonchev–Trinajstić information content (AvgIpc) is 3.20. The molecule has 0 aliphatic carbocycles. The molecule has 0 aliphatic rings. The van der Waals surface area contributed by atoms with E-state index in [2.05, 4.69) is 212 Å². The molecule has 0 saturated carbocycles. The highest BCUT2D eigenvalue weighted by Crippen LogP contribution is 2.39. The van der Waals surface area contributed by atoms with Gasteiger partial charge in [0.25, 0.3) is 0 Å². The summed E-state index contributed by atoms with van der Waals surface area (Å²) in [5.74, 6) is 0. The van der Waals surface area contributed by atoms with Crippen LogP contribution >= 0.6 is 0 Å². The molecule has 0 amide bonds. The molecule has 51 heavy (non-hydrogen) atoms. The zero-order valence-electron chi connectivity index (χ0n) is 28.6. The third-order valence-electron chi connectivity index (χ3n) is 9.28. The van der Waals surface area contributed by atoms with Gasteiger partial charge < -0.3 is 10.6 Å². The first-order valence-corrected chi connectivity index (χ1v) is 17.4. The van der Waals surface area contributed by atoms with E-state index in [1.54, 1.807) is 0 Å². The Balaban J connectivity index is 1.12. The van der Waals surface area contributed by atoms with E-state index in [1.165, 1.54) is 33.4 Å². The molecule has 0 heterocycles. The lowest BCUT2D eigenvalue weighted by Crippen LogP contribution is -1.96. The van der Waals surface area contributed by atoms with Crippen molar-refractivity contribution in [3.63, 3.8) is 0 Å². The van der Waals surface area contributed by atoms with Gasteiger partial charge in [-0.25, -0.2) is 0 Å². The van der Waals surface area contributed by atoms with E-state index in [-0.39, 0.29) is 0 Å². The predicted molar refractivity (Wildman–Crippen MR) is 218 cm³/mol. The molecule has 0 unspecified atom stereocenters. The maximum atomic E-state index is 3.74. The lowest BCUT2D eigenvalue weighted by molar-refractivity contribution is 1.46. The van der Waals surface area contributed by atoms with Crippen molar-refractivity contribution in [1.82, 2.24) is 0 Å². The van der Waals surface area contributed by atoms with Crippen LogP contribution in [0.5, 0.6) is 0 Å². The smallest absolute Gasteiger partial charge is 0.0464 e. The van der Waals surface area contributed by atoms with Gasteiger partial charge >= 0.3 is 0 Å². The fraction of sp³-hybridized carbons (Fsp3) is 0.0204. The molecule has 244 valence electrons. The van der Waals surface area contributed by atoms with Gasteiger partial charge in [0.05, 0.1) is 0 Å². The van der Waals surface area contributed by atoms with Crippen LogP contribution in [-0.4, -0.2) is 0 Å². The zero-order chi connectivity index (χ0) is 34.4. The maximum absolute atomic E-state index is 3.74. The van der Waals surface area contributed by atoms with Gasteiger partial charge in [-0.2, -0.15) is 0 Å². The van der Waals surface area contributed by atoms with Crippen LogP contribution in [0.25, 0.3) is 55.6 Å². The molecule has 0 aromatic heterocycles. The molecular formula is C49H38N2. The molecule has 2 heteroatoms. The van der Waals surface area contributed by atoms with Gasteiger partial charge in [0, 0.05) is 33.9 Å². The first-order valence-electron chi connectivity index (χ1n) is 17.4. The molecule has 0 radical (unpaired) electrons. The largest absolute Gasteiger partial charge is 0.355 e. The Kier molecular flexibility index (Phi) is 8.96. The minimum absolute atomic E-state index is 1.04. The van der Waals surface area contributed by atoms with Crippen LogP contribution in [0.4, 0.5) is 22.7 Å². The van der Waals surface area contributed by atoms with Crippen LogP contribution in [0, 0.1) is 6.92 Å². The summed E-state index contributed by atoms with van der Waals surface area (Å²) >= 11 is 0. The monoisotopic (exact) mass is 654 g/mol. The van der Waals surface area contributed by atoms with Crippen LogP contribution in [0.2, 0.25) is 0 Å². The topological polar surface area (TPSA) is 24.1 Å². The van der Waals surface area contributed by atoms with Crippen molar-refractivity contribution >= 4 is 22.7 Å². The minimum Gasteiger partial charge on any atom is -0.355 e. The van der Waals surface area contributed by atoms with Crippen LogP contribution in [-0.2, 0) is 0 Å². The van der Waals surface area contributed by atoms with Gasteiger partial charge in [-0.05, 0) is 112 Å². The van der Waals surface area contributed by atoms with Crippen molar-refractivity contribution in [1.29, 1.82) is 0 Å². The highest BCUT2D eigenvalue weighted by molar-refractivity contribution is 5.89. The van der Waals surface area contributed by atoms with Crippen molar-refractivity contribution in [2.24, 2.45) is 0 Å². The van der Waals surface area contributed by atoms with Crippen LogP contribution in [0.15, 0.2) is 200 Å². The van der Waals surface area contributed by atoms with Crippen molar-refractivity contribution < 1.29 is 0 Å². The van der Waals surface area contributed by atoms with E-state index in [4.69, 9.17) is 0 Å². The molecule has 8 rings (SSSR count). The summed E-state index contributed by atoms with van der Waals surface area (Å²) in [5.41, 5.74) is 17.3. The van der Waals surface area contributed by atoms with Crippen LogP contribution in [0.3, 0.4) is 0 Å². The summed E-state index contributed by atoms with van der Waals surface area (Å²) in [6, 6.07) is 71.1. The number of para-hydroxylation sites is 1. The van der Waals surface area contributed by atoms with Gasteiger partial charge in [0.15, 0.2) is 0 Å². The predicted octanol–water partition coefficient (Wildman–Crippen LogP) is 13.8.